The molecule has 0 aromatic heterocycles. The average Bonchev–Trinajstić information content (AvgIpc) is 2.91. The van der Waals surface area contributed by atoms with E-state index in [0.29, 0.717) is 26.1 Å². The molecule has 6 heteroatoms. The van der Waals surface area contributed by atoms with Crippen LogP contribution in [0.25, 0.3) is 0 Å². The summed E-state index contributed by atoms with van der Waals surface area (Å²) in [5, 5.41) is 5.98. The number of hydrogen-bond donors (Lipinski definition) is 2. The zero-order chi connectivity index (χ0) is 15.3. The SMILES string of the molecule is CNC(=O)C1(C)CCN(C(=O)CCOC2CCNCC2)C1. The van der Waals surface area contributed by atoms with E-state index < -0.39 is 5.41 Å². The predicted octanol–water partition coefficient (Wildman–Crippen LogP) is 0.130. The largest absolute Gasteiger partial charge is 0.378 e. The van der Waals surface area contributed by atoms with Crippen LogP contribution >= 0.6 is 0 Å². The summed E-state index contributed by atoms with van der Waals surface area (Å²) < 4.78 is 5.77. The van der Waals surface area contributed by atoms with Crippen LogP contribution in [0.15, 0.2) is 0 Å². The van der Waals surface area contributed by atoms with Crippen molar-refractivity contribution < 1.29 is 14.3 Å². The summed E-state index contributed by atoms with van der Waals surface area (Å²) in [6.45, 7) is 5.57. The average molecular weight is 297 g/mol. The number of nitrogens with one attached hydrogen (secondary N) is 2. The molecular formula is C15H27N3O3. The molecular weight excluding hydrogens is 270 g/mol. The van der Waals surface area contributed by atoms with Crippen molar-refractivity contribution in [1.82, 2.24) is 15.5 Å². The van der Waals surface area contributed by atoms with Gasteiger partial charge in [-0.25, -0.2) is 0 Å². The van der Waals surface area contributed by atoms with Gasteiger partial charge >= 0.3 is 0 Å². The fourth-order valence-corrected chi connectivity index (χ4v) is 3.09. The van der Waals surface area contributed by atoms with E-state index >= 15 is 0 Å². The van der Waals surface area contributed by atoms with Crippen molar-refractivity contribution >= 4 is 11.8 Å². The highest BCUT2D eigenvalue weighted by atomic mass is 16.5. The molecule has 1 atom stereocenters. The number of ether oxygens (including phenoxy) is 1. The first kappa shape index (κ1) is 16.2. The van der Waals surface area contributed by atoms with Gasteiger partial charge in [0.15, 0.2) is 0 Å². The maximum Gasteiger partial charge on any atom is 0.227 e. The van der Waals surface area contributed by atoms with E-state index in [1.54, 1.807) is 11.9 Å². The van der Waals surface area contributed by atoms with Crippen molar-refractivity contribution in [2.24, 2.45) is 5.41 Å². The van der Waals surface area contributed by atoms with Crippen molar-refractivity contribution in [2.75, 3.05) is 39.8 Å². The lowest BCUT2D eigenvalue weighted by Crippen LogP contribution is -2.40. The van der Waals surface area contributed by atoms with Gasteiger partial charge in [-0.1, -0.05) is 0 Å². The molecule has 2 fully saturated rings. The summed E-state index contributed by atoms with van der Waals surface area (Å²) in [7, 11) is 1.64. The molecule has 6 nitrogen and oxygen atoms in total. The van der Waals surface area contributed by atoms with Crippen LogP contribution in [0.2, 0.25) is 0 Å². The number of likely N-dealkylation sites (tertiary alicyclic amines) is 1. The maximum absolute atomic E-state index is 12.2. The van der Waals surface area contributed by atoms with Gasteiger partial charge in [0.25, 0.3) is 0 Å². The Morgan fingerprint density at radius 3 is 2.76 bits per heavy atom. The molecule has 2 saturated heterocycles. The highest BCUT2D eigenvalue weighted by molar-refractivity contribution is 5.84. The summed E-state index contributed by atoms with van der Waals surface area (Å²) in [6.07, 6.45) is 3.47. The first-order valence-electron chi connectivity index (χ1n) is 7.87. The minimum absolute atomic E-state index is 0.0174. The fraction of sp³-hybridized carbons (Fsp3) is 0.867. The van der Waals surface area contributed by atoms with Gasteiger partial charge in [-0.2, -0.15) is 0 Å². The minimum Gasteiger partial charge on any atom is -0.378 e. The third kappa shape index (κ3) is 4.17. The Labute approximate surface area is 126 Å². The van der Waals surface area contributed by atoms with Crippen molar-refractivity contribution in [3.63, 3.8) is 0 Å². The number of hydrogen-bond acceptors (Lipinski definition) is 4. The second kappa shape index (κ2) is 7.22. The van der Waals surface area contributed by atoms with E-state index in [0.717, 1.165) is 32.4 Å². The number of rotatable bonds is 5. The van der Waals surface area contributed by atoms with E-state index in [9.17, 15) is 9.59 Å². The number of piperidine rings is 1. The topological polar surface area (TPSA) is 70.7 Å². The summed E-state index contributed by atoms with van der Waals surface area (Å²) >= 11 is 0. The van der Waals surface area contributed by atoms with Gasteiger partial charge in [0.05, 0.1) is 24.5 Å². The zero-order valence-electron chi connectivity index (χ0n) is 13.1. The Morgan fingerprint density at radius 2 is 2.10 bits per heavy atom. The normalized spacial score (nSPS) is 26.9. The Morgan fingerprint density at radius 1 is 1.38 bits per heavy atom. The van der Waals surface area contributed by atoms with Crippen LogP contribution in [0.3, 0.4) is 0 Å². The maximum atomic E-state index is 12.2. The van der Waals surface area contributed by atoms with Gasteiger partial charge in [-0.15, -0.1) is 0 Å². The third-order valence-electron chi connectivity index (χ3n) is 4.56. The summed E-state index contributed by atoms with van der Waals surface area (Å²) in [5.41, 5.74) is -0.444. The van der Waals surface area contributed by atoms with E-state index in [4.69, 9.17) is 4.74 Å². The Hall–Kier alpha value is -1.14. The van der Waals surface area contributed by atoms with Crippen LogP contribution in [0.1, 0.15) is 32.6 Å². The van der Waals surface area contributed by atoms with Gasteiger partial charge in [-0.05, 0) is 39.3 Å². The van der Waals surface area contributed by atoms with Crippen molar-refractivity contribution in [3.8, 4) is 0 Å². The minimum atomic E-state index is -0.444. The van der Waals surface area contributed by atoms with Crippen LogP contribution < -0.4 is 10.6 Å². The summed E-state index contributed by atoms with van der Waals surface area (Å²) in [5.74, 6) is 0.111. The second-order valence-corrected chi connectivity index (χ2v) is 6.28. The molecule has 1 unspecified atom stereocenters. The third-order valence-corrected chi connectivity index (χ3v) is 4.56. The van der Waals surface area contributed by atoms with Gasteiger partial charge < -0.3 is 20.3 Å². The summed E-state index contributed by atoms with van der Waals surface area (Å²) in [6, 6.07) is 0. The lowest BCUT2D eigenvalue weighted by molar-refractivity contribution is -0.133. The molecule has 0 aromatic rings. The molecule has 120 valence electrons. The smallest absolute Gasteiger partial charge is 0.227 e. The van der Waals surface area contributed by atoms with Gasteiger partial charge in [-0.3, -0.25) is 9.59 Å². The first-order valence-corrected chi connectivity index (χ1v) is 7.87. The Kier molecular flexibility index (Phi) is 5.58. The Bertz CT molecular complexity index is 382. The van der Waals surface area contributed by atoms with E-state index in [2.05, 4.69) is 10.6 Å². The standard InChI is InChI=1S/C15H27N3O3/c1-15(14(20)16-2)6-9-18(11-15)13(19)5-10-21-12-3-7-17-8-4-12/h12,17H,3-11H2,1-2H3,(H,16,20). The van der Waals surface area contributed by atoms with Crippen molar-refractivity contribution in [1.29, 1.82) is 0 Å². The predicted molar refractivity (Wildman–Crippen MR) is 79.8 cm³/mol. The van der Waals surface area contributed by atoms with Crippen molar-refractivity contribution in [3.05, 3.63) is 0 Å². The molecule has 0 radical (unpaired) electrons. The molecule has 2 aliphatic rings. The summed E-state index contributed by atoms with van der Waals surface area (Å²) in [4.78, 5) is 25.8. The molecule has 0 aliphatic carbocycles. The molecule has 2 heterocycles. The van der Waals surface area contributed by atoms with Crippen molar-refractivity contribution in [2.45, 2.75) is 38.7 Å². The molecule has 2 amide bonds. The molecule has 0 saturated carbocycles. The molecule has 2 rings (SSSR count). The number of amides is 2. The highest BCUT2D eigenvalue weighted by Gasteiger charge is 2.41. The number of carbonyl (C=O) groups excluding carboxylic acids is 2. The van der Waals surface area contributed by atoms with Crippen LogP contribution in [-0.2, 0) is 14.3 Å². The quantitative estimate of drug-likeness (QED) is 0.757. The molecule has 2 N–H and O–H groups in total. The Balaban J connectivity index is 1.70. The molecule has 0 spiro atoms. The van der Waals surface area contributed by atoms with Gasteiger partial charge in [0.2, 0.25) is 11.8 Å². The van der Waals surface area contributed by atoms with Gasteiger partial charge in [0.1, 0.15) is 0 Å². The zero-order valence-corrected chi connectivity index (χ0v) is 13.1. The lowest BCUT2D eigenvalue weighted by atomic mass is 9.89. The number of nitrogens with zero attached hydrogens (tertiary/aromatic N) is 1. The van der Waals surface area contributed by atoms with Crippen LogP contribution in [-0.4, -0.2) is 62.7 Å². The molecule has 2 aliphatic heterocycles. The fourth-order valence-electron chi connectivity index (χ4n) is 3.09. The molecule has 21 heavy (non-hydrogen) atoms. The lowest BCUT2D eigenvalue weighted by Gasteiger charge is -2.24. The van der Waals surface area contributed by atoms with E-state index in [1.807, 2.05) is 6.92 Å². The second-order valence-electron chi connectivity index (χ2n) is 6.28. The monoisotopic (exact) mass is 297 g/mol. The van der Waals surface area contributed by atoms with E-state index in [1.165, 1.54) is 0 Å². The molecule has 0 aromatic carbocycles. The van der Waals surface area contributed by atoms with Crippen LogP contribution in [0.4, 0.5) is 0 Å². The van der Waals surface area contributed by atoms with Gasteiger partial charge in [0, 0.05) is 20.1 Å². The highest BCUT2D eigenvalue weighted by Crippen LogP contribution is 2.30. The first-order chi connectivity index (χ1) is 10.0. The molecule has 0 bridgehead atoms. The van der Waals surface area contributed by atoms with E-state index in [-0.39, 0.29) is 17.9 Å². The number of carbonyl (C=O) groups is 2. The van der Waals surface area contributed by atoms with Crippen LogP contribution in [0.5, 0.6) is 0 Å². The van der Waals surface area contributed by atoms with Crippen LogP contribution in [0, 0.1) is 5.41 Å².